The summed E-state index contributed by atoms with van der Waals surface area (Å²) < 4.78 is 36.9. The largest absolute Gasteiger partial charge is 0.493 e. The quantitative estimate of drug-likeness (QED) is 0.664. The van der Waals surface area contributed by atoms with Crippen LogP contribution in [0.2, 0.25) is 5.02 Å². The maximum Gasteiger partial charge on any atom is 0.251 e. The van der Waals surface area contributed by atoms with E-state index in [2.05, 4.69) is 10.0 Å². The van der Waals surface area contributed by atoms with E-state index in [9.17, 15) is 13.2 Å². The number of sulfonamides is 1. The van der Waals surface area contributed by atoms with Crippen LogP contribution in [0.1, 0.15) is 10.4 Å². The lowest BCUT2D eigenvalue weighted by Crippen LogP contribution is -2.34. The molecule has 0 spiro atoms. The van der Waals surface area contributed by atoms with Gasteiger partial charge in [-0.3, -0.25) is 4.79 Å². The molecule has 2 N–H and O–H groups in total. The monoisotopic (exact) mass is 398 g/mol. The van der Waals surface area contributed by atoms with Gasteiger partial charge < -0.3 is 14.8 Å². The number of carbonyl (C=O) groups is 1. The summed E-state index contributed by atoms with van der Waals surface area (Å²) in [6.07, 6.45) is 0. The smallest absolute Gasteiger partial charge is 0.251 e. The van der Waals surface area contributed by atoms with Gasteiger partial charge in [0.1, 0.15) is 0 Å². The lowest BCUT2D eigenvalue weighted by molar-refractivity contribution is 0.0954. The van der Waals surface area contributed by atoms with Crippen molar-refractivity contribution in [1.82, 2.24) is 10.0 Å². The summed E-state index contributed by atoms with van der Waals surface area (Å²) in [5.41, 5.74) is 0.378. The van der Waals surface area contributed by atoms with Gasteiger partial charge in [-0.15, -0.1) is 0 Å². The van der Waals surface area contributed by atoms with Crippen LogP contribution in [0.15, 0.2) is 47.4 Å². The summed E-state index contributed by atoms with van der Waals surface area (Å²) in [4.78, 5) is 12.2. The third-order valence-electron chi connectivity index (χ3n) is 3.47. The molecule has 0 bridgehead atoms. The van der Waals surface area contributed by atoms with Gasteiger partial charge in [-0.2, -0.15) is 0 Å². The van der Waals surface area contributed by atoms with Crippen LogP contribution in [0.5, 0.6) is 11.5 Å². The van der Waals surface area contributed by atoms with Crippen LogP contribution in [0.3, 0.4) is 0 Å². The van der Waals surface area contributed by atoms with E-state index < -0.39 is 10.0 Å². The van der Waals surface area contributed by atoms with Gasteiger partial charge in [-0.1, -0.05) is 11.6 Å². The Labute approximate surface area is 157 Å². The molecule has 0 heterocycles. The Balaban J connectivity index is 1.89. The lowest BCUT2D eigenvalue weighted by Gasteiger charge is -2.10. The van der Waals surface area contributed by atoms with Gasteiger partial charge in [0, 0.05) is 23.7 Å². The first-order valence-corrected chi connectivity index (χ1v) is 9.49. The first-order chi connectivity index (χ1) is 12.4. The number of amides is 1. The second kappa shape index (κ2) is 8.88. The van der Waals surface area contributed by atoms with Crippen LogP contribution in [-0.4, -0.2) is 41.6 Å². The van der Waals surface area contributed by atoms with Crippen molar-refractivity contribution in [2.75, 3.05) is 27.3 Å². The highest BCUT2D eigenvalue weighted by atomic mass is 35.5. The number of ether oxygens (including phenoxy) is 2. The lowest BCUT2D eigenvalue weighted by atomic mass is 10.2. The molecule has 0 aliphatic rings. The molecule has 140 valence electrons. The molecule has 0 radical (unpaired) electrons. The zero-order valence-corrected chi connectivity index (χ0v) is 15.9. The molecule has 0 saturated carbocycles. The molecule has 9 heteroatoms. The van der Waals surface area contributed by atoms with Gasteiger partial charge in [0.25, 0.3) is 5.91 Å². The Morgan fingerprint density at radius 2 is 1.65 bits per heavy atom. The van der Waals surface area contributed by atoms with Crippen molar-refractivity contribution in [3.8, 4) is 11.5 Å². The molecule has 0 fully saturated rings. The number of benzene rings is 2. The molecule has 0 atom stereocenters. The van der Waals surface area contributed by atoms with Crippen LogP contribution >= 0.6 is 11.6 Å². The molecule has 2 aromatic carbocycles. The number of hydrogen-bond donors (Lipinski definition) is 2. The Morgan fingerprint density at radius 3 is 2.27 bits per heavy atom. The number of hydrogen-bond acceptors (Lipinski definition) is 5. The standard InChI is InChI=1S/C17H19ClN2O5S/c1-24-15-8-3-12(11-16(15)25-2)17(21)19-9-10-20-26(22,23)14-6-4-13(18)5-7-14/h3-8,11,20H,9-10H2,1-2H3,(H,19,21). The SMILES string of the molecule is COc1ccc(C(=O)NCCNS(=O)(=O)c2ccc(Cl)cc2)cc1OC. The predicted molar refractivity (Wildman–Crippen MR) is 98.5 cm³/mol. The summed E-state index contributed by atoms with van der Waals surface area (Å²) in [5, 5.41) is 3.09. The van der Waals surface area contributed by atoms with Crippen molar-refractivity contribution in [3.63, 3.8) is 0 Å². The number of rotatable bonds is 8. The zero-order valence-electron chi connectivity index (χ0n) is 14.3. The third kappa shape index (κ3) is 5.10. The highest BCUT2D eigenvalue weighted by Crippen LogP contribution is 2.27. The van der Waals surface area contributed by atoms with Gasteiger partial charge in [0.2, 0.25) is 10.0 Å². The molecule has 7 nitrogen and oxygen atoms in total. The van der Waals surface area contributed by atoms with E-state index >= 15 is 0 Å². The average molecular weight is 399 g/mol. The van der Waals surface area contributed by atoms with Crippen molar-refractivity contribution in [2.45, 2.75) is 4.90 Å². The topological polar surface area (TPSA) is 93.7 Å². The summed E-state index contributed by atoms with van der Waals surface area (Å²) >= 11 is 5.74. The van der Waals surface area contributed by atoms with Crippen molar-refractivity contribution < 1.29 is 22.7 Å². The van der Waals surface area contributed by atoms with E-state index in [1.807, 2.05) is 0 Å². The van der Waals surface area contributed by atoms with Crippen molar-refractivity contribution in [1.29, 1.82) is 0 Å². The number of carbonyl (C=O) groups excluding carboxylic acids is 1. The van der Waals surface area contributed by atoms with Gasteiger partial charge in [0.05, 0.1) is 19.1 Å². The molecule has 0 saturated heterocycles. The maximum atomic E-state index is 12.1. The average Bonchev–Trinajstić information content (AvgIpc) is 2.64. The summed E-state index contributed by atoms with van der Waals surface area (Å²) in [6.45, 7) is 0.171. The summed E-state index contributed by atoms with van der Waals surface area (Å²) in [7, 11) is -0.674. The molecule has 0 aliphatic carbocycles. The molecule has 0 aromatic heterocycles. The van der Waals surface area contributed by atoms with Gasteiger partial charge in [0.15, 0.2) is 11.5 Å². The van der Waals surface area contributed by atoms with Gasteiger partial charge >= 0.3 is 0 Å². The number of halogens is 1. The minimum Gasteiger partial charge on any atom is -0.493 e. The van der Waals surface area contributed by atoms with E-state index in [0.717, 1.165) is 0 Å². The first kappa shape index (κ1) is 20.0. The fourth-order valence-electron chi connectivity index (χ4n) is 2.14. The third-order valence-corrected chi connectivity index (χ3v) is 5.20. The molecule has 0 aliphatic heterocycles. The van der Waals surface area contributed by atoms with E-state index in [-0.39, 0.29) is 23.9 Å². The highest BCUT2D eigenvalue weighted by molar-refractivity contribution is 7.89. The molecule has 2 rings (SSSR count). The zero-order chi connectivity index (χ0) is 19.2. The Morgan fingerprint density at radius 1 is 1.00 bits per heavy atom. The van der Waals surface area contributed by atoms with Crippen LogP contribution in [-0.2, 0) is 10.0 Å². The highest BCUT2D eigenvalue weighted by Gasteiger charge is 2.14. The maximum absolute atomic E-state index is 12.1. The van der Waals surface area contributed by atoms with Crippen LogP contribution in [0, 0.1) is 0 Å². The second-order valence-electron chi connectivity index (χ2n) is 5.18. The van der Waals surface area contributed by atoms with Crippen molar-refractivity contribution >= 4 is 27.5 Å². The molecule has 2 aromatic rings. The van der Waals surface area contributed by atoms with Crippen LogP contribution in [0.4, 0.5) is 0 Å². The molecule has 1 amide bonds. The second-order valence-corrected chi connectivity index (χ2v) is 7.38. The van der Waals surface area contributed by atoms with Gasteiger partial charge in [-0.25, -0.2) is 13.1 Å². The minimum absolute atomic E-state index is 0.0456. The fraction of sp³-hybridized carbons (Fsp3) is 0.235. The number of methoxy groups -OCH3 is 2. The fourth-order valence-corrected chi connectivity index (χ4v) is 3.30. The Kier molecular flexibility index (Phi) is 6.84. The molecular formula is C17H19ClN2O5S. The van der Waals surface area contributed by atoms with Gasteiger partial charge in [-0.05, 0) is 42.5 Å². The van der Waals surface area contributed by atoms with Crippen LogP contribution in [0.25, 0.3) is 0 Å². The number of nitrogens with one attached hydrogen (secondary N) is 2. The van der Waals surface area contributed by atoms with Crippen molar-refractivity contribution in [2.24, 2.45) is 0 Å². The summed E-state index contributed by atoms with van der Waals surface area (Å²) in [6, 6.07) is 10.6. The minimum atomic E-state index is -3.66. The molecular weight excluding hydrogens is 380 g/mol. The Hall–Kier alpha value is -2.29. The first-order valence-electron chi connectivity index (χ1n) is 7.63. The Bertz CT molecular complexity index is 869. The normalized spacial score (nSPS) is 11.0. The van der Waals surface area contributed by atoms with Crippen LogP contribution < -0.4 is 19.5 Å². The molecule has 26 heavy (non-hydrogen) atoms. The molecule has 0 unspecified atom stereocenters. The van der Waals surface area contributed by atoms with Crippen molar-refractivity contribution in [3.05, 3.63) is 53.1 Å². The van der Waals surface area contributed by atoms with E-state index in [1.54, 1.807) is 18.2 Å². The van der Waals surface area contributed by atoms with E-state index in [1.165, 1.54) is 38.5 Å². The summed E-state index contributed by atoms with van der Waals surface area (Å²) in [5.74, 6) is 0.597. The van der Waals surface area contributed by atoms with E-state index in [0.29, 0.717) is 22.1 Å². The predicted octanol–water partition coefficient (Wildman–Crippen LogP) is 2.07. The van der Waals surface area contributed by atoms with E-state index in [4.69, 9.17) is 21.1 Å².